The van der Waals surface area contributed by atoms with Crippen LogP contribution in [-0.4, -0.2) is 30.5 Å². The van der Waals surface area contributed by atoms with Crippen molar-refractivity contribution in [3.63, 3.8) is 0 Å². The number of hydrogen-bond donors (Lipinski definition) is 2. The van der Waals surface area contributed by atoms with Gasteiger partial charge in [-0.25, -0.2) is 4.98 Å². The van der Waals surface area contributed by atoms with Crippen LogP contribution < -0.4 is 15.4 Å². The van der Waals surface area contributed by atoms with E-state index in [0.717, 1.165) is 23.3 Å². The average molecular weight is 410 g/mol. The van der Waals surface area contributed by atoms with E-state index in [4.69, 9.17) is 4.74 Å². The van der Waals surface area contributed by atoms with E-state index in [-0.39, 0.29) is 18.2 Å². The molecule has 3 aromatic rings. The van der Waals surface area contributed by atoms with Gasteiger partial charge >= 0.3 is 0 Å². The molecule has 1 aromatic heterocycles. The molecule has 0 saturated heterocycles. The highest BCUT2D eigenvalue weighted by atomic mass is 32.1. The van der Waals surface area contributed by atoms with Crippen LogP contribution in [0.1, 0.15) is 16.8 Å². The summed E-state index contributed by atoms with van der Waals surface area (Å²) < 4.78 is 5.13. The second kappa shape index (κ2) is 10.4. The number of thiazole rings is 1. The second-order valence-electron chi connectivity index (χ2n) is 6.48. The third kappa shape index (κ3) is 6.73. The first-order valence-electron chi connectivity index (χ1n) is 9.30. The van der Waals surface area contributed by atoms with E-state index >= 15 is 0 Å². The summed E-state index contributed by atoms with van der Waals surface area (Å²) >= 11 is 1.32. The minimum atomic E-state index is -0.124. The lowest BCUT2D eigenvalue weighted by Crippen LogP contribution is -2.27. The van der Waals surface area contributed by atoms with Gasteiger partial charge in [0.05, 0.1) is 25.6 Å². The van der Waals surface area contributed by atoms with E-state index < -0.39 is 0 Å². The molecular formula is C22H23N3O3S. The van der Waals surface area contributed by atoms with Crippen LogP contribution in [0.3, 0.4) is 0 Å². The molecule has 150 valence electrons. The summed E-state index contributed by atoms with van der Waals surface area (Å²) in [5.41, 5.74) is 2.72. The molecule has 0 fully saturated rings. The molecule has 1 heterocycles. The Morgan fingerprint density at radius 1 is 0.966 bits per heavy atom. The van der Waals surface area contributed by atoms with Crippen molar-refractivity contribution in [2.45, 2.75) is 19.3 Å². The van der Waals surface area contributed by atoms with Crippen molar-refractivity contribution >= 4 is 28.3 Å². The molecule has 2 N–H and O–H groups in total. The van der Waals surface area contributed by atoms with E-state index in [9.17, 15) is 9.59 Å². The molecule has 0 aliphatic carbocycles. The maximum absolute atomic E-state index is 12.1. The molecule has 0 radical (unpaired) electrons. The number of nitrogens with one attached hydrogen (secondary N) is 2. The van der Waals surface area contributed by atoms with Crippen molar-refractivity contribution in [1.29, 1.82) is 0 Å². The van der Waals surface area contributed by atoms with Crippen LogP contribution in [0.25, 0.3) is 0 Å². The van der Waals surface area contributed by atoms with E-state index in [1.807, 2.05) is 54.6 Å². The van der Waals surface area contributed by atoms with Gasteiger partial charge < -0.3 is 15.4 Å². The summed E-state index contributed by atoms with van der Waals surface area (Å²) in [6.45, 7) is 0.552. The zero-order chi connectivity index (χ0) is 20.5. The van der Waals surface area contributed by atoms with Crippen molar-refractivity contribution < 1.29 is 14.3 Å². The Morgan fingerprint density at radius 3 is 2.45 bits per heavy atom. The highest BCUT2D eigenvalue weighted by molar-refractivity contribution is 7.13. The van der Waals surface area contributed by atoms with Gasteiger partial charge in [0.2, 0.25) is 11.8 Å². The normalized spacial score (nSPS) is 10.4. The summed E-state index contributed by atoms with van der Waals surface area (Å²) in [7, 11) is 1.63. The Kier molecular flexibility index (Phi) is 7.35. The fraction of sp³-hybridized carbons (Fsp3) is 0.227. The number of ether oxygens (including phenoxy) is 1. The molecule has 0 atom stereocenters. The SMILES string of the molecule is COc1ccc(CCNC(=O)Cc2csc(NC(=O)Cc3ccccc3)n2)cc1. The van der Waals surface area contributed by atoms with Crippen LogP contribution in [-0.2, 0) is 28.9 Å². The van der Waals surface area contributed by atoms with Gasteiger partial charge in [0.1, 0.15) is 5.75 Å². The van der Waals surface area contributed by atoms with E-state index in [1.165, 1.54) is 11.3 Å². The smallest absolute Gasteiger partial charge is 0.230 e. The molecule has 2 aromatic carbocycles. The summed E-state index contributed by atoms with van der Waals surface area (Å²) in [6, 6.07) is 17.3. The van der Waals surface area contributed by atoms with Crippen molar-refractivity contribution in [2.75, 3.05) is 19.0 Å². The molecular weight excluding hydrogens is 386 g/mol. The van der Waals surface area contributed by atoms with Crippen molar-refractivity contribution in [3.05, 3.63) is 76.8 Å². The number of amides is 2. The molecule has 29 heavy (non-hydrogen) atoms. The molecule has 3 rings (SSSR count). The van der Waals surface area contributed by atoms with Crippen LogP contribution in [0.2, 0.25) is 0 Å². The standard InChI is InChI=1S/C22H23N3O3S/c1-28-19-9-7-16(8-10-19)11-12-23-20(26)14-18-15-29-22(24-18)25-21(27)13-17-5-3-2-4-6-17/h2-10,15H,11-14H2,1H3,(H,23,26)(H,24,25,27). The molecule has 0 saturated carbocycles. The lowest BCUT2D eigenvalue weighted by molar-refractivity contribution is -0.120. The molecule has 0 aliphatic rings. The van der Waals surface area contributed by atoms with Gasteiger partial charge in [0, 0.05) is 11.9 Å². The van der Waals surface area contributed by atoms with Gasteiger partial charge in [0.25, 0.3) is 0 Å². The number of methoxy groups -OCH3 is 1. The number of anilines is 1. The Morgan fingerprint density at radius 2 is 1.72 bits per heavy atom. The molecule has 0 bridgehead atoms. The first-order chi connectivity index (χ1) is 14.1. The third-order valence-corrected chi connectivity index (χ3v) is 5.05. The largest absolute Gasteiger partial charge is 0.497 e. The van der Waals surface area contributed by atoms with Crippen molar-refractivity contribution in [3.8, 4) is 5.75 Å². The van der Waals surface area contributed by atoms with Gasteiger partial charge in [0.15, 0.2) is 5.13 Å². The molecule has 0 unspecified atom stereocenters. The number of benzene rings is 2. The van der Waals surface area contributed by atoms with Crippen LogP contribution in [0.4, 0.5) is 5.13 Å². The highest BCUT2D eigenvalue weighted by Crippen LogP contribution is 2.16. The molecule has 6 nitrogen and oxygen atoms in total. The van der Waals surface area contributed by atoms with Crippen LogP contribution in [0.15, 0.2) is 60.0 Å². The Hall–Kier alpha value is -3.19. The number of rotatable bonds is 9. The number of hydrogen-bond acceptors (Lipinski definition) is 5. The summed E-state index contributed by atoms with van der Waals surface area (Å²) in [6.07, 6.45) is 1.23. The number of carbonyl (C=O) groups excluding carboxylic acids is 2. The summed E-state index contributed by atoms with van der Waals surface area (Å²) in [5.74, 6) is 0.597. The quantitative estimate of drug-likeness (QED) is 0.569. The van der Waals surface area contributed by atoms with E-state index in [2.05, 4.69) is 15.6 Å². The minimum Gasteiger partial charge on any atom is -0.497 e. The number of carbonyl (C=O) groups is 2. The van der Waals surface area contributed by atoms with Gasteiger partial charge in [-0.1, -0.05) is 42.5 Å². The lowest BCUT2D eigenvalue weighted by Gasteiger charge is -2.05. The molecule has 7 heteroatoms. The van der Waals surface area contributed by atoms with Gasteiger partial charge in [-0.3, -0.25) is 9.59 Å². The first kappa shape index (κ1) is 20.5. The fourth-order valence-electron chi connectivity index (χ4n) is 2.76. The summed E-state index contributed by atoms with van der Waals surface area (Å²) in [5, 5.41) is 7.98. The highest BCUT2D eigenvalue weighted by Gasteiger charge is 2.10. The summed E-state index contributed by atoms with van der Waals surface area (Å²) in [4.78, 5) is 28.5. The first-order valence-corrected chi connectivity index (χ1v) is 10.2. The zero-order valence-corrected chi connectivity index (χ0v) is 17.0. The maximum Gasteiger partial charge on any atom is 0.230 e. The maximum atomic E-state index is 12.1. The Labute approximate surface area is 173 Å². The minimum absolute atomic E-state index is 0.0917. The van der Waals surface area contributed by atoms with E-state index in [0.29, 0.717) is 23.8 Å². The number of nitrogens with zero attached hydrogens (tertiary/aromatic N) is 1. The monoisotopic (exact) mass is 409 g/mol. The van der Waals surface area contributed by atoms with Gasteiger partial charge in [-0.2, -0.15) is 0 Å². The van der Waals surface area contributed by atoms with Crippen LogP contribution in [0, 0.1) is 0 Å². The van der Waals surface area contributed by atoms with Crippen LogP contribution in [0.5, 0.6) is 5.75 Å². The zero-order valence-electron chi connectivity index (χ0n) is 16.2. The average Bonchev–Trinajstić information content (AvgIpc) is 3.15. The topological polar surface area (TPSA) is 80.3 Å². The van der Waals surface area contributed by atoms with Crippen molar-refractivity contribution in [1.82, 2.24) is 10.3 Å². The lowest BCUT2D eigenvalue weighted by atomic mass is 10.1. The molecule has 0 spiro atoms. The predicted octanol–water partition coefficient (Wildman–Crippen LogP) is 3.23. The Bertz CT molecular complexity index is 939. The second-order valence-corrected chi connectivity index (χ2v) is 7.34. The number of aromatic nitrogens is 1. The third-order valence-electron chi connectivity index (χ3n) is 4.24. The molecule has 2 amide bonds. The van der Waals surface area contributed by atoms with Gasteiger partial charge in [-0.05, 0) is 29.7 Å². The Balaban J connectivity index is 1.40. The predicted molar refractivity (Wildman–Crippen MR) is 114 cm³/mol. The van der Waals surface area contributed by atoms with Gasteiger partial charge in [-0.15, -0.1) is 11.3 Å². The van der Waals surface area contributed by atoms with E-state index in [1.54, 1.807) is 12.5 Å². The molecule has 0 aliphatic heterocycles. The van der Waals surface area contributed by atoms with Crippen LogP contribution >= 0.6 is 11.3 Å². The fourth-order valence-corrected chi connectivity index (χ4v) is 3.48. The van der Waals surface area contributed by atoms with Crippen molar-refractivity contribution in [2.24, 2.45) is 0 Å².